The van der Waals surface area contributed by atoms with Crippen LogP contribution < -0.4 is 4.74 Å². The van der Waals surface area contributed by atoms with E-state index in [0.29, 0.717) is 24.6 Å². The normalized spacial score (nSPS) is 18.0. The Morgan fingerprint density at radius 3 is 2.72 bits per heavy atom. The molecular formula is C21H25NO3. The van der Waals surface area contributed by atoms with Gasteiger partial charge in [0.25, 0.3) is 0 Å². The standard InChI is InChI=1S/C21H25NO3/c1-16-8-10-19(11-9-16)25-15-17-5-4-12-22(13-17)14-18-6-2-3-7-20(18)21(23)24/h2-3,6-11,17H,4-5,12-15H2,1H3,(H,23,24)/t17-/m0/s1. The van der Waals surface area contributed by atoms with Crippen molar-refractivity contribution in [2.75, 3.05) is 19.7 Å². The molecule has 4 nitrogen and oxygen atoms in total. The molecule has 3 rings (SSSR count). The first-order valence-electron chi connectivity index (χ1n) is 8.85. The summed E-state index contributed by atoms with van der Waals surface area (Å²) in [5.74, 6) is 0.540. The van der Waals surface area contributed by atoms with Gasteiger partial charge >= 0.3 is 5.97 Å². The number of nitrogens with zero attached hydrogens (tertiary/aromatic N) is 1. The Hall–Kier alpha value is -2.33. The molecule has 1 aliphatic heterocycles. The van der Waals surface area contributed by atoms with Crippen molar-refractivity contribution in [2.45, 2.75) is 26.3 Å². The van der Waals surface area contributed by atoms with E-state index in [1.807, 2.05) is 24.3 Å². The van der Waals surface area contributed by atoms with Crippen LogP contribution in [0.4, 0.5) is 0 Å². The highest BCUT2D eigenvalue weighted by molar-refractivity contribution is 5.89. The minimum absolute atomic E-state index is 0.403. The van der Waals surface area contributed by atoms with Gasteiger partial charge in [0.05, 0.1) is 12.2 Å². The molecule has 0 aliphatic carbocycles. The number of hydrogen-bond acceptors (Lipinski definition) is 3. The van der Waals surface area contributed by atoms with Gasteiger partial charge in [0, 0.05) is 19.0 Å². The van der Waals surface area contributed by atoms with Crippen LogP contribution in [-0.4, -0.2) is 35.7 Å². The minimum Gasteiger partial charge on any atom is -0.493 e. The second-order valence-corrected chi connectivity index (χ2v) is 6.83. The topological polar surface area (TPSA) is 49.8 Å². The number of piperidine rings is 1. The third-order valence-corrected chi connectivity index (χ3v) is 4.75. The number of aromatic carboxylic acids is 1. The molecule has 132 valence electrons. The number of rotatable bonds is 6. The zero-order chi connectivity index (χ0) is 17.6. The van der Waals surface area contributed by atoms with E-state index < -0.39 is 5.97 Å². The van der Waals surface area contributed by atoms with Gasteiger partial charge in [-0.25, -0.2) is 4.79 Å². The quantitative estimate of drug-likeness (QED) is 0.865. The molecule has 0 bridgehead atoms. The van der Waals surface area contributed by atoms with E-state index in [0.717, 1.165) is 37.2 Å². The number of ether oxygens (including phenoxy) is 1. The SMILES string of the molecule is Cc1ccc(OC[C@H]2CCCN(Cc3ccccc3C(=O)O)C2)cc1. The van der Waals surface area contributed by atoms with Gasteiger partial charge in [0.2, 0.25) is 0 Å². The van der Waals surface area contributed by atoms with E-state index in [1.54, 1.807) is 12.1 Å². The predicted octanol–water partition coefficient (Wildman–Crippen LogP) is 3.98. The Kier molecular flexibility index (Phi) is 5.71. The lowest BCUT2D eigenvalue weighted by Gasteiger charge is -2.32. The minimum atomic E-state index is -0.855. The summed E-state index contributed by atoms with van der Waals surface area (Å²) < 4.78 is 5.94. The molecule has 25 heavy (non-hydrogen) atoms. The molecule has 0 aromatic heterocycles. The summed E-state index contributed by atoms with van der Waals surface area (Å²) in [4.78, 5) is 13.7. The van der Waals surface area contributed by atoms with Crippen LogP contribution >= 0.6 is 0 Å². The average Bonchev–Trinajstić information content (AvgIpc) is 2.62. The molecule has 1 aliphatic rings. The fourth-order valence-corrected chi connectivity index (χ4v) is 3.39. The number of carboxylic acids is 1. The van der Waals surface area contributed by atoms with Gasteiger partial charge in [-0.15, -0.1) is 0 Å². The van der Waals surface area contributed by atoms with E-state index in [1.165, 1.54) is 5.56 Å². The summed E-state index contributed by atoms with van der Waals surface area (Å²) in [6.07, 6.45) is 2.28. The number of hydrogen-bond donors (Lipinski definition) is 1. The van der Waals surface area contributed by atoms with Crippen LogP contribution in [0.2, 0.25) is 0 Å². The Balaban J connectivity index is 1.56. The number of likely N-dealkylation sites (tertiary alicyclic amines) is 1. The van der Waals surface area contributed by atoms with Crippen molar-refractivity contribution in [3.8, 4) is 5.75 Å². The van der Waals surface area contributed by atoms with Crippen molar-refractivity contribution in [1.29, 1.82) is 0 Å². The average molecular weight is 339 g/mol. The van der Waals surface area contributed by atoms with Crippen LogP contribution in [0.25, 0.3) is 0 Å². The largest absolute Gasteiger partial charge is 0.493 e. The fraction of sp³-hybridized carbons (Fsp3) is 0.381. The zero-order valence-corrected chi connectivity index (χ0v) is 14.6. The van der Waals surface area contributed by atoms with Crippen molar-refractivity contribution in [3.05, 3.63) is 65.2 Å². The lowest BCUT2D eigenvalue weighted by molar-refractivity contribution is 0.0692. The van der Waals surface area contributed by atoms with Crippen molar-refractivity contribution in [2.24, 2.45) is 5.92 Å². The summed E-state index contributed by atoms with van der Waals surface area (Å²) in [5, 5.41) is 9.34. The Labute approximate surface area is 149 Å². The van der Waals surface area contributed by atoms with Gasteiger partial charge < -0.3 is 9.84 Å². The van der Waals surface area contributed by atoms with Crippen molar-refractivity contribution in [1.82, 2.24) is 4.90 Å². The smallest absolute Gasteiger partial charge is 0.336 e. The van der Waals surface area contributed by atoms with E-state index in [2.05, 4.69) is 24.0 Å². The highest BCUT2D eigenvalue weighted by Crippen LogP contribution is 2.21. The van der Waals surface area contributed by atoms with Crippen LogP contribution in [0.3, 0.4) is 0 Å². The van der Waals surface area contributed by atoms with Gasteiger partial charge in [-0.05, 0) is 50.1 Å². The number of benzene rings is 2. The number of carbonyl (C=O) groups is 1. The summed E-state index contributed by atoms with van der Waals surface area (Å²) in [7, 11) is 0. The summed E-state index contributed by atoms with van der Waals surface area (Å²) in [5.41, 5.74) is 2.52. The highest BCUT2D eigenvalue weighted by Gasteiger charge is 2.22. The van der Waals surface area contributed by atoms with Crippen molar-refractivity contribution < 1.29 is 14.6 Å². The molecule has 2 aromatic rings. The molecule has 0 radical (unpaired) electrons. The molecule has 0 saturated carbocycles. The Morgan fingerprint density at radius 1 is 1.20 bits per heavy atom. The number of carboxylic acid groups (broad SMARTS) is 1. The summed E-state index contributed by atoms with van der Waals surface area (Å²) in [6, 6.07) is 15.4. The Bertz CT molecular complexity index is 711. The highest BCUT2D eigenvalue weighted by atomic mass is 16.5. The van der Waals surface area contributed by atoms with Crippen LogP contribution in [0.1, 0.15) is 34.3 Å². The van der Waals surface area contributed by atoms with Crippen LogP contribution in [0.15, 0.2) is 48.5 Å². The van der Waals surface area contributed by atoms with Gasteiger partial charge in [-0.1, -0.05) is 35.9 Å². The molecule has 2 aromatic carbocycles. The van der Waals surface area contributed by atoms with E-state index in [9.17, 15) is 9.90 Å². The number of aryl methyl sites for hydroxylation is 1. The van der Waals surface area contributed by atoms with Gasteiger partial charge in [0.15, 0.2) is 0 Å². The molecule has 1 fully saturated rings. The maximum absolute atomic E-state index is 11.4. The lowest BCUT2D eigenvalue weighted by atomic mass is 9.97. The fourth-order valence-electron chi connectivity index (χ4n) is 3.39. The Morgan fingerprint density at radius 2 is 1.96 bits per heavy atom. The first-order chi connectivity index (χ1) is 12.1. The van der Waals surface area contributed by atoms with Crippen LogP contribution in [0, 0.1) is 12.8 Å². The van der Waals surface area contributed by atoms with Crippen molar-refractivity contribution >= 4 is 5.97 Å². The lowest BCUT2D eigenvalue weighted by Crippen LogP contribution is -2.37. The third kappa shape index (κ3) is 4.83. The molecule has 1 N–H and O–H groups in total. The summed E-state index contributed by atoms with van der Waals surface area (Å²) in [6.45, 7) is 5.41. The van der Waals surface area contributed by atoms with Crippen LogP contribution in [-0.2, 0) is 6.54 Å². The molecule has 4 heteroatoms. The molecule has 0 amide bonds. The monoisotopic (exact) mass is 339 g/mol. The van der Waals surface area contributed by atoms with E-state index in [4.69, 9.17) is 4.74 Å². The molecule has 0 unspecified atom stereocenters. The third-order valence-electron chi connectivity index (χ3n) is 4.75. The van der Waals surface area contributed by atoms with Crippen LogP contribution in [0.5, 0.6) is 5.75 Å². The first-order valence-corrected chi connectivity index (χ1v) is 8.85. The predicted molar refractivity (Wildman–Crippen MR) is 98.1 cm³/mol. The maximum atomic E-state index is 11.4. The molecular weight excluding hydrogens is 314 g/mol. The molecule has 0 spiro atoms. The molecule has 1 atom stereocenters. The van der Waals surface area contributed by atoms with Crippen molar-refractivity contribution in [3.63, 3.8) is 0 Å². The second-order valence-electron chi connectivity index (χ2n) is 6.83. The molecule has 1 saturated heterocycles. The maximum Gasteiger partial charge on any atom is 0.336 e. The van der Waals surface area contributed by atoms with Gasteiger partial charge in [-0.3, -0.25) is 4.90 Å². The zero-order valence-electron chi connectivity index (χ0n) is 14.6. The van der Waals surface area contributed by atoms with Gasteiger partial charge in [-0.2, -0.15) is 0 Å². The summed E-state index contributed by atoms with van der Waals surface area (Å²) >= 11 is 0. The second kappa shape index (κ2) is 8.17. The molecule has 1 heterocycles. The van der Waals surface area contributed by atoms with Gasteiger partial charge in [0.1, 0.15) is 5.75 Å². The van der Waals surface area contributed by atoms with E-state index in [-0.39, 0.29) is 0 Å². The van der Waals surface area contributed by atoms with E-state index >= 15 is 0 Å². The first kappa shape index (κ1) is 17.5.